The van der Waals surface area contributed by atoms with Gasteiger partial charge < -0.3 is 9.64 Å². The van der Waals surface area contributed by atoms with E-state index >= 15 is 0 Å². The molecule has 0 saturated carbocycles. The van der Waals surface area contributed by atoms with E-state index in [9.17, 15) is 4.79 Å². The van der Waals surface area contributed by atoms with Crippen molar-refractivity contribution in [2.75, 3.05) is 18.6 Å². The molecule has 0 fully saturated rings. The maximum Gasteiger partial charge on any atom is 0.263 e. The third kappa shape index (κ3) is 3.49. The highest BCUT2D eigenvalue weighted by molar-refractivity contribution is 7.70. The van der Waals surface area contributed by atoms with Crippen molar-refractivity contribution in [1.29, 1.82) is 0 Å². The summed E-state index contributed by atoms with van der Waals surface area (Å²) in [6.07, 6.45) is 0. The number of rotatable bonds is 5. The molecule has 0 spiro atoms. The minimum absolute atomic E-state index is 0.0692. The van der Waals surface area contributed by atoms with Crippen LogP contribution in [0.2, 0.25) is 5.02 Å². The topological polar surface area (TPSA) is 29.5 Å². The molecule has 0 unspecified atom stereocenters. The summed E-state index contributed by atoms with van der Waals surface area (Å²) in [4.78, 5) is 13.4. The highest BCUT2D eigenvalue weighted by Gasteiger charge is 2.12. The number of nitrogens with zero attached hydrogens (tertiary/aromatic N) is 1. The standard InChI is InChI=1S/C13H14ClNO2S2/c1-3-17-10-6-4-9(5-7-10)8-15(2)12-11(14)13(16)19-18-12/h4-7H,3,8H2,1-2H3. The van der Waals surface area contributed by atoms with Gasteiger partial charge in [-0.05, 0) is 35.0 Å². The lowest BCUT2D eigenvalue weighted by molar-refractivity contribution is 0.340. The Morgan fingerprint density at radius 1 is 1.26 bits per heavy atom. The summed E-state index contributed by atoms with van der Waals surface area (Å²) in [5.74, 6) is 0.868. The van der Waals surface area contributed by atoms with Gasteiger partial charge in [0.15, 0.2) is 0 Å². The van der Waals surface area contributed by atoms with Crippen LogP contribution in [-0.4, -0.2) is 13.7 Å². The summed E-state index contributed by atoms with van der Waals surface area (Å²) in [6, 6.07) is 7.93. The smallest absolute Gasteiger partial charge is 0.263 e. The van der Waals surface area contributed by atoms with Crippen molar-refractivity contribution < 1.29 is 4.74 Å². The molecule has 3 nitrogen and oxygen atoms in total. The molecule has 1 aromatic carbocycles. The molecule has 2 aromatic rings. The molecule has 1 aromatic heterocycles. The molecule has 0 saturated heterocycles. The first-order chi connectivity index (χ1) is 9.11. The van der Waals surface area contributed by atoms with E-state index in [-0.39, 0.29) is 4.74 Å². The summed E-state index contributed by atoms with van der Waals surface area (Å²) < 4.78 is 5.33. The quantitative estimate of drug-likeness (QED) is 0.785. The van der Waals surface area contributed by atoms with E-state index < -0.39 is 0 Å². The van der Waals surface area contributed by atoms with Crippen LogP contribution in [0.4, 0.5) is 5.00 Å². The molecule has 0 radical (unpaired) electrons. The molecule has 19 heavy (non-hydrogen) atoms. The second-order valence-corrected chi connectivity index (χ2v) is 6.48. The number of hydrogen-bond donors (Lipinski definition) is 0. The molecule has 0 aliphatic rings. The second kappa shape index (κ2) is 6.41. The fourth-order valence-electron chi connectivity index (χ4n) is 1.67. The lowest BCUT2D eigenvalue weighted by Gasteiger charge is -2.17. The first-order valence-corrected chi connectivity index (χ1v) is 8.36. The molecule has 0 N–H and O–H groups in total. The Morgan fingerprint density at radius 3 is 2.47 bits per heavy atom. The third-order valence-corrected chi connectivity index (χ3v) is 5.43. The fraction of sp³-hybridized carbons (Fsp3) is 0.308. The average molecular weight is 316 g/mol. The first-order valence-electron chi connectivity index (χ1n) is 5.83. The molecule has 0 aliphatic carbocycles. The van der Waals surface area contributed by atoms with Gasteiger partial charge in [0.2, 0.25) is 0 Å². The van der Waals surface area contributed by atoms with E-state index in [1.807, 2.05) is 43.1 Å². The maximum atomic E-state index is 11.4. The number of anilines is 1. The predicted octanol–water partition coefficient (Wildman–Crippen LogP) is 3.86. The Morgan fingerprint density at radius 2 is 1.95 bits per heavy atom. The number of hydrogen-bond acceptors (Lipinski definition) is 5. The van der Waals surface area contributed by atoms with Gasteiger partial charge in [0, 0.05) is 13.6 Å². The normalized spacial score (nSPS) is 10.5. The first kappa shape index (κ1) is 14.4. The van der Waals surface area contributed by atoms with Gasteiger partial charge >= 0.3 is 0 Å². The highest BCUT2D eigenvalue weighted by Crippen LogP contribution is 2.31. The minimum atomic E-state index is -0.0692. The van der Waals surface area contributed by atoms with Gasteiger partial charge in [0.1, 0.15) is 15.8 Å². The van der Waals surface area contributed by atoms with Crippen molar-refractivity contribution in [3.05, 3.63) is 44.4 Å². The monoisotopic (exact) mass is 315 g/mol. The molecule has 0 atom stereocenters. The van der Waals surface area contributed by atoms with Crippen molar-refractivity contribution >= 4 is 37.3 Å². The van der Waals surface area contributed by atoms with Crippen LogP contribution in [-0.2, 0) is 6.54 Å². The molecular weight excluding hydrogens is 302 g/mol. The van der Waals surface area contributed by atoms with E-state index in [4.69, 9.17) is 16.3 Å². The molecule has 1 heterocycles. The summed E-state index contributed by atoms with van der Waals surface area (Å²) in [5, 5.41) is 1.15. The molecule has 0 amide bonds. The van der Waals surface area contributed by atoms with Crippen LogP contribution in [0.15, 0.2) is 29.1 Å². The Hall–Kier alpha value is -1.04. The zero-order valence-corrected chi connectivity index (χ0v) is 13.1. The molecule has 0 aliphatic heterocycles. The summed E-state index contributed by atoms with van der Waals surface area (Å²) >= 11 is 5.98. The number of ether oxygens (including phenoxy) is 1. The minimum Gasteiger partial charge on any atom is -0.494 e. The molecular formula is C13H14ClNO2S2. The number of halogens is 1. The third-order valence-electron chi connectivity index (χ3n) is 2.56. The van der Waals surface area contributed by atoms with Gasteiger partial charge in [0.25, 0.3) is 4.74 Å². The van der Waals surface area contributed by atoms with Crippen LogP contribution < -0.4 is 14.4 Å². The van der Waals surface area contributed by atoms with Crippen LogP contribution in [0.1, 0.15) is 12.5 Å². The van der Waals surface area contributed by atoms with Crippen molar-refractivity contribution in [3.63, 3.8) is 0 Å². The van der Waals surface area contributed by atoms with Crippen LogP contribution in [0, 0.1) is 0 Å². The van der Waals surface area contributed by atoms with Crippen LogP contribution in [0.5, 0.6) is 5.75 Å². The van der Waals surface area contributed by atoms with E-state index in [0.29, 0.717) is 18.2 Å². The van der Waals surface area contributed by atoms with E-state index in [2.05, 4.69) is 0 Å². The lowest BCUT2D eigenvalue weighted by Crippen LogP contribution is -2.16. The van der Waals surface area contributed by atoms with Gasteiger partial charge in [-0.3, -0.25) is 4.79 Å². The number of benzene rings is 1. The van der Waals surface area contributed by atoms with Gasteiger partial charge in [-0.2, -0.15) is 0 Å². The Labute approximate surface area is 124 Å². The van der Waals surface area contributed by atoms with Crippen molar-refractivity contribution in [3.8, 4) is 5.75 Å². The Bertz CT molecular complexity index is 591. The van der Waals surface area contributed by atoms with E-state index in [1.165, 1.54) is 20.7 Å². The second-order valence-electron chi connectivity index (χ2n) is 4.01. The Kier molecular flexibility index (Phi) is 4.85. The van der Waals surface area contributed by atoms with Crippen molar-refractivity contribution in [2.45, 2.75) is 13.5 Å². The fourth-order valence-corrected chi connectivity index (χ4v) is 4.41. The van der Waals surface area contributed by atoms with Gasteiger partial charge in [-0.1, -0.05) is 34.1 Å². The van der Waals surface area contributed by atoms with E-state index in [1.54, 1.807) is 0 Å². The molecule has 6 heteroatoms. The average Bonchev–Trinajstić information content (AvgIpc) is 2.73. The van der Waals surface area contributed by atoms with E-state index in [0.717, 1.165) is 16.3 Å². The zero-order chi connectivity index (χ0) is 13.8. The van der Waals surface area contributed by atoms with Crippen molar-refractivity contribution in [2.24, 2.45) is 0 Å². The summed E-state index contributed by atoms with van der Waals surface area (Å²) in [6.45, 7) is 3.33. The largest absolute Gasteiger partial charge is 0.494 e. The highest BCUT2D eigenvalue weighted by atomic mass is 35.5. The Balaban J connectivity index is 2.08. The van der Waals surface area contributed by atoms with Crippen LogP contribution in [0.25, 0.3) is 0 Å². The lowest BCUT2D eigenvalue weighted by atomic mass is 10.2. The molecule has 2 rings (SSSR count). The molecule has 102 valence electrons. The van der Waals surface area contributed by atoms with Crippen LogP contribution >= 0.6 is 32.3 Å². The van der Waals surface area contributed by atoms with Crippen molar-refractivity contribution in [1.82, 2.24) is 0 Å². The van der Waals surface area contributed by atoms with Gasteiger partial charge in [-0.25, -0.2) is 0 Å². The SMILES string of the molecule is CCOc1ccc(CN(C)c2ssc(=O)c2Cl)cc1. The maximum absolute atomic E-state index is 11.4. The zero-order valence-electron chi connectivity index (χ0n) is 10.7. The molecule has 0 bridgehead atoms. The van der Waals surface area contributed by atoms with Gasteiger partial charge in [0.05, 0.1) is 6.61 Å². The summed E-state index contributed by atoms with van der Waals surface area (Å²) in [5.41, 5.74) is 1.15. The van der Waals surface area contributed by atoms with Gasteiger partial charge in [-0.15, -0.1) is 0 Å². The predicted molar refractivity (Wildman–Crippen MR) is 83.2 cm³/mol. The van der Waals surface area contributed by atoms with Crippen LogP contribution in [0.3, 0.4) is 0 Å². The summed E-state index contributed by atoms with van der Waals surface area (Å²) in [7, 11) is 4.52.